The molecule has 18 heavy (non-hydrogen) atoms. The summed E-state index contributed by atoms with van der Waals surface area (Å²) in [5.74, 6) is 0.659. The van der Waals surface area contributed by atoms with Gasteiger partial charge >= 0.3 is 0 Å². The predicted molar refractivity (Wildman–Crippen MR) is 73.8 cm³/mol. The van der Waals surface area contributed by atoms with Crippen LogP contribution in [0.3, 0.4) is 0 Å². The molecule has 2 aromatic rings. The summed E-state index contributed by atoms with van der Waals surface area (Å²) >= 11 is 2.83. The monoisotopic (exact) mass is 264 g/mol. The Kier molecular flexibility index (Phi) is 8.14. The summed E-state index contributed by atoms with van der Waals surface area (Å²) in [6, 6.07) is 14.2. The van der Waals surface area contributed by atoms with E-state index in [1.165, 1.54) is 11.1 Å². The van der Waals surface area contributed by atoms with Gasteiger partial charge in [0.25, 0.3) is 0 Å². The maximum Gasteiger partial charge on any atom is 0.197 e. The molecule has 0 saturated carbocycles. The summed E-state index contributed by atoms with van der Waals surface area (Å²) in [4.78, 5) is 0. The summed E-state index contributed by atoms with van der Waals surface area (Å²) in [5, 5.41) is 17.5. The quantitative estimate of drug-likeness (QED) is 0.767. The molecule has 0 fully saturated rings. The molecule has 3 nitrogen and oxygen atoms in total. The lowest BCUT2D eigenvalue weighted by Crippen LogP contribution is -1.66. The highest BCUT2D eigenvalue weighted by Gasteiger charge is 1.82. The van der Waals surface area contributed by atoms with Crippen LogP contribution < -0.4 is 0 Å². The third-order valence-corrected chi connectivity index (χ3v) is 2.07. The predicted octanol–water partition coefficient (Wildman–Crippen LogP) is 3.06. The van der Waals surface area contributed by atoms with Crippen molar-refractivity contribution in [3.63, 3.8) is 0 Å². The maximum atomic E-state index is 8.76. The maximum absolute atomic E-state index is 8.76. The minimum absolute atomic E-state index is 0.329. The summed E-state index contributed by atoms with van der Waals surface area (Å²) in [5.41, 5.74) is 2.34. The van der Waals surface area contributed by atoms with E-state index >= 15 is 0 Å². The van der Waals surface area contributed by atoms with E-state index in [1.807, 2.05) is 38.1 Å². The first kappa shape index (κ1) is 16.1. The van der Waals surface area contributed by atoms with Gasteiger partial charge in [-0.05, 0) is 38.1 Å². The highest BCUT2D eigenvalue weighted by atomic mass is 32.1. The summed E-state index contributed by atoms with van der Waals surface area (Å²) in [6.45, 7) is 3.97. The normalized spacial score (nSPS) is 8.33. The van der Waals surface area contributed by atoms with Crippen molar-refractivity contribution in [1.29, 1.82) is 0 Å². The van der Waals surface area contributed by atoms with Gasteiger partial charge in [-0.2, -0.15) is 4.21 Å². The van der Waals surface area contributed by atoms with Gasteiger partial charge in [-0.1, -0.05) is 35.4 Å². The lowest BCUT2D eigenvalue weighted by atomic mass is 10.2. The molecule has 96 valence electrons. The molecule has 0 saturated heterocycles. The van der Waals surface area contributed by atoms with Gasteiger partial charge in [0.2, 0.25) is 0 Å². The molecule has 0 heterocycles. The Balaban J connectivity index is 0.000000283. The van der Waals surface area contributed by atoms with E-state index in [4.69, 9.17) is 14.4 Å². The molecule has 0 unspecified atom stereocenters. The second-order valence-electron chi connectivity index (χ2n) is 3.67. The number of phenols is 2. The standard InChI is InChI=1S/2C7H8O.OS/c2*1-6-2-4-7(8)5-3-6;1-2/h2*2-5,8H,1H3;. The third-order valence-electron chi connectivity index (χ3n) is 2.07. The Labute approximate surface area is 112 Å². The molecule has 0 aliphatic carbocycles. The number of benzene rings is 2. The van der Waals surface area contributed by atoms with E-state index < -0.39 is 0 Å². The molecule has 4 heteroatoms. The highest BCUT2D eigenvalue weighted by molar-refractivity contribution is 7.44. The first-order valence-electron chi connectivity index (χ1n) is 5.26. The summed E-state index contributed by atoms with van der Waals surface area (Å²) < 4.78 is 7.83. The molecule has 0 aliphatic rings. The largest absolute Gasteiger partial charge is 0.508 e. The molecule has 2 aromatic carbocycles. The number of phenolic OH excluding ortho intramolecular Hbond substituents is 2. The van der Waals surface area contributed by atoms with Crippen molar-refractivity contribution in [2.75, 3.05) is 0 Å². The number of rotatable bonds is 0. The van der Waals surface area contributed by atoms with E-state index in [2.05, 4.69) is 12.5 Å². The van der Waals surface area contributed by atoms with Crippen LogP contribution in [0.1, 0.15) is 11.1 Å². The molecule has 2 N–H and O–H groups in total. The van der Waals surface area contributed by atoms with Crippen molar-refractivity contribution in [3.05, 3.63) is 59.7 Å². The van der Waals surface area contributed by atoms with Gasteiger partial charge in [-0.25, -0.2) is 0 Å². The van der Waals surface area contributed by atoms with Crippen LogP contribution in [-0.4, -0.2) is 14.4 Å². The van der Waals surface area contributed by atoms with Crippen molar-refractivity contribution < 1.29 is 14.4 Å². The molecule has 0 aromatic heterocycles. The van der Waals surface area contributed by atoms with E-state index in [-0.39, 0.29) is 0 Å². The lowest BCUT2D eigenvalue weighted by Gasteiger charge is -1.89. The molecule has 0 radical (unpaired) electrons. The van der Waals surface area contributed by atoms with Crippen LogP contribution in [-0.2, 0) is 12.5 Å². The van der Waals surface area contributed by atoms with Crippen molar-refractivity contribution >= 4 is 12.5 Å². The van der Waals surface area contributed by atoms with Crippen molar-refractivity contribution in [1.82, 2.24) is 0 Å². The van der Waals surface area contributed by atoms with Crippen LogP contribution in [0, 0.1) is 13.8 Å². The zero-order valence-electron chi connectivity index (χ0n) is 10.3. The lowest BCUT2D eigenvalue weighted by molar-refractivity contribution is 0.474. The Bertz CT molecular complexity index is 352. The van der Waals surface area contributed by atoms with Gasteiger partial charge in [-0.3, -0.25) is 0 Å². The Morgan fingerprint density at radius 2 is 0.889 bits per heavy atom. The number of hydrogen-bond acceptors (Lipinski definition) is 4. The number of hydrogen-bond donors (Lipinski definition) is 2. The van der Waals surface area contributed by atoms with E-state index in [1.54, 1.807) is 24.3 Å². The third kappa shape index (κ3) is 7.35. The Morgan fingerprint density at radius 3 is 1.06 bits per heavy atom. The van der Waals surface area contributed by atoms with Crippen LogP contribution in [0.15, 0.2) is 48.5 Å². The van der Waals surface area contributed by atoms with E-state index in [9.17, 15) is 0 Å². The van der Waals surface area contributed by atoms with Crippen molar-refractivity contribution in [2.24, 2.45) is 0 Å². The Hall–Kier alpha value is -1.94. The van der Waals surface area contributed by atoms with Crippen LogP contribution in [0.5, 0.6) is 11.5 Å². The molecule has 0 spiro atoms. The smallest absolute Gasteiger partial charge is 0.197 e. The molecular formula is C14H16O3S. The zero-order chi connectivity index (χ0) is 14.0. The minimum Gasteiger partial charge on any atom is -0.508 e. The highest BCUT2D eigenvalue weighted by Crippen LogP contribution is 2.08. The Morgan fingerprint density at radius 1 is 0.667 bits per heavy atom. The van der Waals surface area contributed by atoms with Gasteiger partial charge < -0.3 is 10.2 Å². The molecule has 2 rings (SSSR count). The second kappa shape index (κ2) is 9.13. The summed E-state index contributed by atoms with van der Waals surface area (Å²) in [6.07, 6.45) is 0. The topological polar surface area (TPSA) is 57.5 Å². The van der Waals surface area contributed by atoms with Crippen LogP contribution in [0.4, 0.5) is 0 Å². The van der Waals surface area contributed by atoms with E-state index in [0.29, 0.717) is 11.5 Å². The van der Waals surface area contributed by atoms with Gasteiger partial charge in [0.15, 0.2) is 12.5 Å². The fourth-order valence-corrected chi connectivity index (χ4v) is 1.09. The van der Waals surface area contributed by atoms with Crippen LogP contribution >= 0.6 is 0 Å². The molecule has 0 amide bonds. The SMILES string of the molecule is Cc1ccc(O)cc1.Cc1ccc(O)cc1.O=S. The first-order chi connectivity index (χ1) is 8.58. The van der Waals surface area contributed by atoms with Gasteiger partial charge in [0.05, 0.1) is 0 Å². The number of aryl methyl sites for hydroxylation is 2. The minimum atomic E-state index is 0.329. The average Bonchev–Trinajstić information content (AvgIpc) is 2.40. The van der Waals surface area contributed by atoms with Crippen molar-refractivity contribution in [2.45, 2.75) is 13.8 Å². The fourth-order valence-electron chi connectivity index (χ4n) is 1.09. The van der Waals surface area contributed by atoms with Gasteiger partial charge in [0.1, 0.15) is 11.5 Å². The summed E-state index contributed by atoms with van der Waals surface area (Å²) in [7, 11) is 0. The second-order valence-corrected chi connectivity index (χ2v) is 3.67. The van der Waals surface area contributed by atoms with E-state index in [0.717, 1.165) is 0 Å². The molecular weight excluding hydrogens is 248 g/mol. The molecule has 0 bridgehead atoms. The zero-order valence-corrected chi connectivity index (χ0v) is 11.1. The average molecular weight is 264 g/mol. The van der Waals surface area contributed by atoms with Crippen molar-refractivity contribution in [3.8, 4) is 11.5 Å². The first-order valence-corrected chi connectivity index (χ1v) is 5.59. The van der Waals surface area contributed by atoms with Crippen LogP contribution in [0.25, 0.3) is 0 Å². The van der Waals surface area contributed by atoms with Gasteiger partial charge in [0, 0.05) is 0 Å². The van der Waals surface area contributed by atoms with Gasteiger partial charge in [-0.15, -0.1) is 0 Å². The number of aromatic hydroxyl groups is 2. The fraction of sp³-hybridized carbons (Fsp3) is 0.143. The molecule has 0 aliphatic heterocycles. The molecule has 0 atom stereocenters. The van der Waals surface area contributed by atoms with Crippen LogP contribution in [0.2, 0.25) is 0 Å².